The van der Waals surface area contributed by atoms with Crippen LogP contribution in [0, 0.1) is 0 Å². The summed E-state index contributed by atoms with van der Waals surface area (Å²) in [5, 5.41) is 9.48. The summed E-state index contributed by atoms with van der Waals surface area (Å²) in [7, 11) is 0. The third-order valence-corrected chi connectivity index (χ3v) is 2.57. The molecule has 2 aromatic carbocycles. The van der Waals surface area contributed by atoms with Crippen LogP contribution >= 0.6 is 0 Å². The van der Waals surface area contributed by atoms with Gasteiger partial charge in [-0.2, -0.15) is 8.78 Å². The lowest BCUT2D eigenvalue weighted by Crippen LogP contribution is -1.99. The van der Waals surface area contributed by atoms with Gasteiger partial charge in [-0.05, 0) is 29.8 Å². The van der Waals surface area contributed by atoms with E-state index in [2.05, 4.69) is 0 Å². The highest BCUT2D eigenvalue weighted by molar-refractivity contribution is 5.36. The zero-order valence-corrected chi connectivity index (χ0v) is 10.3. The molecular formula is C15H11F3O2. The molecule has 20 heavy (non-hydrogen) atoms. The molecule has 0 saturated carbocycles. The second-order valence-corrected chi connectivity index (χ2v) is 4.00. The molecule has 0 bridgehead atoms. The van der Waals surface area contributed by atoms with Crippen LogP contribution in [0.15, 0.2) is 66.5 Å². The maximum atomic E-state index is 13.0. The maximum Gasteiger partial charge on any atom is 0.304 e. The molecule has 0 heterocycles. The Morgan fingerprint density at radius 3 is 2.20 bits per heavy atom. The summed E-state index contributed by atoms with van der Waals surface area (Å²) in [5.74, 6) is -0.992. The molecule has 5 heteroatoms. The quantitative estimate of drug-likeness (QED) is 0.887. The fourth-order valence-corrected chi connectivity index (χ4v) is 1.62. The number of aliphatic hydroxyl groups is 1. The Labute approximate surface area is 113 Å². The first-order valence-electron chi connectivity index (χ1n) is 5.79. The first kappa shape index (κ1) is 14.1. The summed E-state index contributed by atoms with van der Waals surface area (Å²) < 4.78 is 42.7. The zero-order chi connectivity index (χ0) is 14.5. The topological polar surface area (TPSA) is 29.5 Å². The van der Waals surface area contributed by atoms with Crippen LogP contribution in [0.25, 0.3) is 0 Å². The highest BCUT2D eigenvalue weighted by Gasteiger charge is 2.19. The van der Waals surface area contributed by atoms with Gasteiger partial charge in [0.05, 0.1) is 0 Å². The van der Waals surface area contributed by atoms with E-state index in [0.717, 1.165) is 0 Å². The van der Waals surface area contributed by atoms with E-state index < -0.39 is 18.0 Å². The van der Waals surface area contributed by atoms with Crippen molar-refractivity contribution in [3.63, 3.8) is 0 Å². The largest absolute Gasteiger partial charge is 0.457 e. The van der Waals surface area contributed by atoms with E-state index >= 15 is 0 Å². The van der Waals surface area contributed by atoms with Crippen molar-refractivity contribution in [3.05, 3.63) is 72.1 Å². The fraction of sp³-hybridized carbons (Fsp3) is 0.0667. The van der Waals surface area contributed by atoms with Gasteiger partial charge in [-0.15, -0.1) is 0 Å². The first-order valence-corrected chi connectivity index (χ1v) is 5.79. The van der Waals surface area contributed by atoms with Crippen LogP contribution in [-0.4, -0.2) is 5.11 Å². The molecule has 0 aliphatic heterocycles. The van der Waals surface area contributed by atoms with Crippen molar-refractivity contribution < 1.29 is 23.0 Å². The molecule has 0 spiro atoms. The molecule has 1 N–H and O–H groups in total. The van der Waals surface area contributed by atoms with Crippen LogP contribution < -0.4 is 4.74 Å². The third kappa shape index (κ3) is 3.39. The van der Waals surface area contributed by atoms with Gasteiger partial charge >= 0.3 is 6.08 Å². The van der Waals surface area contributed by atoms with Crippen molar-refractivity contribution in [1.29, 1.82) is 0 Å². The molecule has 1 atom stereocenters. The van der Waals surface area contributed by atoms with Gasteiger partial charge in [0.25, 0.3) is 0 Å². The van der Waals surface area contributed by atoms with Crippen molar-refractivity contribution in [2.75, 3.05) is 0 Å². The number of halogens is 3. The summed E-state index contributed by atoms with van der Waals surface area (Å²) in [6.07, 6.45) is -4.54. The highest BCUT2D eigenvalue weighted by atomic mass is 19.3. The normalized spacial score (nSPS) is 11.8. The Balaban J connectivity index is 2.22. The average Bonchev–Trinajstić information content (AvgIpc) is 2.47. The van der Waals surface area contributed by atoms with Gasteiger partial charge in [0.1, 0.15) is 17.6 Å². The molecule has 1 unspecified atom stereocenters. The van der Waals surface area contributed by atoms with Crippen LogP contribution in [0.5, 0.6) is 11.5 Å². The van der Waals surface area contributed by atoms with E-state index in [9.17, 15) is 18.3 Å². The molecule has 0 aliphatic carbocycles. The number of rotatable bonds is 4. The number of hydrogen-bond donors (Lipinski definition) is 1. The molecule has 0 fully saturated rings. The van der Waals surface area contributed by atoms with E-state index in [1.54, 1.807) is 30.3 Å². The Morgan fingerprint density at radius 2 is 1.55 bits per heavy atom. The van der Waals surface area contributed by atoms with E-state index in [4.69, 9.17) is 4.74 Å². The fourth-order valence-electron chi connectivity index (χ4n) is 1.62. The average molecular weight is 280 g/mol. The highest BCUT2D eigenvalue weighted by Crippen LogP contribution is 2.30. The second-order valence-electron chi connectivity index (χ2n) is 4.00. The first-order chi connectivity index (χ1) is 9.58. The minimum Gasteiger partial charge on any atom is -0.457 e. The number of para-hydroxylation sites is 1. The third-order valence-electron chi connectivity index (χ3n) is 2.57. The summed E-state index contributed by atoms with van der Waals surface area (Å²) >= 11 is 0. The number of aliphatic hydroxyl groups excluding tert-OH is 1. The molecule has 0 radical (unpaired) electrons. The lowest BCUT2D eigenvalue weighted by Gasteiger charge is -2.11. The summed E-state index contributed by atoms with van der Waals surface area (Å²) in [5.41, 5.74) is -0.0104. The molecule has 2 rings (SSSR count). The number of hydrogen-bond acceptors (Lipinski definition) is 2. The SMILES string of the molecule is OC(C(F)=C(F)F)c1cccc(Oc2ccccc2)c1. The Morgan fingerprint density at radius 1 is 0.900 bits per heavy atom. The molecule has 0 amide bonds. The van der Waals surface area contributed by atoms with Gasteiger partial charge in [0, 0.05) is 0 Å². The van der Waals surface area contributed by atoms with Crippen LogP contribution in [0.1, 0.15) is 11.7 Å². The lowest BCUT2D eigenvalue weighted by atomic mass is 10.1. The van der Waals surface area contributed by atoms with Gasteiger partial charge in [-0.1, -0.05) is 30.3 Å². The minimum atomic E-state index is -2.54. The van der Waals surface area contributed by atoms with Gasteiger partial charge in [-0.3, -0.25) is 0 Å². The van der Waals surface area contributed by atoms with Gasteiger partial charge in [-0.25, -0.2) is 4.39 Å². The van der Waals surface area contributed by atoms with Crippen LogP contribution in [-0.2, 0) is 0 Å². The van der Waals surface area contributed by atoms with Crippen LogP contribution in [0.2, 0.25) is 0 Å². The molecular weight excluding hydrogens is 269 g/mol. The smallest absolute Gasteiger partial charge is 0.304 e. The van der Waals surface area contributed by atoms with Crippen molar-refractivity contribution in [3.8, 4) is 11.5 Å². The summed E-state index contributed by atoms with van der Waals surface area (Å²) in [6.45, 7) is 0. The predicted molar refractivity (Wildman–Crippen MR) is 68.3 cm³/mol. The Hall–Kier alpha value is -2.27. The van der Waals surface area contributed by atoms with E-state index in [1.807, 2.05) is 6.07 Å². The Bertz CT molecular complexity index is 608. The standard InChI is InChI=1S/C15H11F3O2/c16-13(15(17)18)14(19)10-5-4-8-12(9-10)20-11-6-2-1-3-7-11/h1-9,14,19H. The van der Waals surface area contributed by atoms with Gasteiger partial charge < -0.3 is 9.84 Å². The molecule has 0 saturated heterocycles. The van der Waals surface area contributed by atoms with Crippen LogP contribution in [0.4, 0.5) is 13.2 Å². The predicted octanol–water partition coefficient (Wildman–Crippen LogP) is 4.59. The van der Waals surface area contributed by atoms with Crippen molar-refractivity contribution in [1.82, 2.24) is 0 Å². The maximum absolute atomic E-state index is 13.0. The Kier molecular flexibility index (Phi) is 4.42. The zero-order valence-electron chi connectivity index (χ0n) is 10.3. The molecule has 2 nitrogen and oxygen atoms in total. The van der Waals surface area contributed by atoms with Crippen molar-refractivity contribution in [2.24, 2.45) is 0 Å². The summed E-state index contributed by atoms with van der Waals surface area (Å²) in [4.78, 5) is 0. The monoisotopic (exact) mass is 280 g/mol. The van der Waals surface area contributed by atoms with E-state index in [1.165, 1.54) is 18.2 Å². The molecule has 2 aromatic rings. The summed E-state index contributed by atoms with van der Waals surface area (Å²) in [6, 6.07) is 14.5. The van der Waals surface area contributed by atoms with Crippen LogP contribution in [0.3, 0.4) is 0 Å². The van der Waals surface area contributed by atoms with Crippen molar-refractivity contribution >= 4 is 0 Å². The second kappa shape index (κ2) is 6.25. The number of ether oxygens (including phenoxy) is 1. The number of benzene rings is 2. The molecule has 0 aliphatic rings. The van der Waals surface area contributed by atoms with E-state index in [0.29, 0.717) is 11.5 Å². The van der Waals surface area contributed by atoms with Crippen molar-refractivity contribution in [2.45, 2.75) is 6.10 Å². The van der Waals surface area contributed by atoms with Gasteiger partial charge in [0.2, 0.25) is 0 Å². The van der Waals surface area contributed by atoms with Gasteiger partial charge in [0.15, 0.2) is 5.83 Å². The molecule has 0 aromatic heterocycles. The van der Waals surface area contributed by atoms with E-state index in [-0.39, 0.29) is 5.56 Å². The minimum absolute atomic E-state index is 0.0104. The molecule has 104 valence electrons. The lowest BCUT2D eigenvalue weighted by molar-refractivity contribution is 0.170.